The van der Waals surface area contributed by atoms with Crippen LogP contribution in [0.2, 0.25) is 0 Å². The predicted octanol–water partition coefficient (Wildman–Crippen LogP) is 6.92. The number of ether oxygens (including phenoxy) is 2. The molecule has 4 aromatic rings. The van der Waals surface area contributed by atoms with Gasteiger partial charge in [-0.2, -0.15) is 9.61 Å². The van der Waals surface area contributed by atoms with E-state index < -0.39 is 17.7 Å². The molecule has 2 fully saturated rings. The number of fused-ring (bicyclic) bond motifs is 3. The molecule has 2 aromatic carbocycles. The van der Waals surface area contributed by atoms with E-state index in [0.29, 0.717) is 12.1 Å². The fourth-order valence-corrected chi connectivity index (χ4v) is 6.45. The number of piperidine rings is 1. The molecule has 0 spiro atoms. The second kappa shape index (κ2) is 10.4. The van der Waals surface area contributed by atoms with E-state index in [-0.39, 0.29) is 0 Å². The Morgan fingerprint density at radius 2 is 1.60 bits per heavy atom. The first-order chi connectivity index (χ1) is 19.2. The van der Waals surface area contributed by atoms with E-state index in [1.165, 1.54) is 13.5 Å². The smallest absolute Gasteiger partial charge is 0.339 e. The highest BCUT2D eigenvalue weighted by Gasteiger charge is 2.42. The summed E-state index contributed by atoms with van der Waals surface area (Å²) in [6, 6.07) is 21.7. The standard InChI is InChI=1S/C33H38N4O3/c1-21-29(30(32(38)39-5)40-33(2,3)4)31(36-25-15-10-16-26(36)18-17-25)37-28(34-21)20-27(35-37)24-14-9-13-23(19-24)22-11-7-6-8-12-22/h6-9,11-14,19-20,25-26,30H,10,15-18H2,1-5H3/t25?,26?,30-/m0/s1. The fraction of sp³-hybridized carbons (Fsp3) is 0.424. The van der Waals surface area contributed by atoms with Gasteiger partial charge < -0.3 is 14.4 Å². The zero-order valence-corrected chi connectivity index (χ0v) is 24.1. The highest BCUT2D eigenvalue weighted by Crippen LogP contribution is 2.44. The van der Waals surface area contributed by atoms with Crippen LogP contribution in [0.25, 0.3) is 28.0 Å². The van der Waals surface area contributed by atoms with Gasteiger partial charge in [0.15, 0.2) is 11.8 Å². The van der Waals surface area contributed by atoms with Crippen LogP contribution < -0.4 is 4.90 Å². The number of anilines is 1. The van der Waals surface area contributed by atoms with Gasteiger partial charge in [-0.25, -0.2) is 9.78 Å². The molecule has 6 rings (SSSR count). The molecule has 208 valence electrons. The number of carbonyl (C=O) groups is 1. The molecule has 7 heteroatoms. The first-order valence-corrected chi connectivity index (χ1v) is 14.3. The molecule has 40 heavy (non-hydrogen) atoms. The van der Waals surface area contributed by atoms with Crippen LogP contribution in [0.4, 0.5) is 5.82 Å². The minimum atomic E-state index is -0.910. The van der Waals surface area contributed by atoms with Gasteiger partial charge in [0.2, 0.25) is 0 Å². The van der Waals surface area contributed by atoms with E-state index in [9.17, 15) is 4.79 Å². The molecule has 2 aromatic heterocycles. The number of hydrogen-bond acceptors (Lipinski definition) is 6. The van der Waals surface area contributed by atoms with Gasteiger partial charge in [-0.1, -0.05) is 48.5 Å². The van der Waals surface area contributed by atoms with Gasteiger partial charge in [-0.05, 0) is 77.0 Å². The van der Waals surface area contributed by atoms with Crippen molar-refractivity contribution in [3.8, 4) is 22.4 Å². The molecule has 0 amide bonds. The lowest BCUT2D eigenvalue weighted by Gasteiger charge is -2.39. The zero-order valence-electron chi connectivity index (χ0n) is 24.1. The monoisotopic (exact) mass is 538 g/mol. The third kappa shape index (κ3) is 4.87. The zero-order chi connectivity index (χ0) is 28.0. The van der Waals surface area contributed by atoms with Crippen LogP contribution in [0, 0.1) is 6.92 Å². The molecule has 0 aliphatic carbocycles. The maximum absolute atomic E-state index is 13.3. The first kappa shape index (κ1) is 26.5. The Morgan fingerprint density at radius 1 is 0.925 bits per heavy atom. The Balaban J connectivity index is 1.55. The Hall–Kier alpha value is -3.71. The molecule has 2 bridgehead atoms. The molecular weight excluding hydrogens is 500 g/mol. The lowest BCUT2D eigenvalue weighted by atomic mass is 9.99. The number of carbonyl (C=O) groups excluding carboxylic acids is 1. The number of aromatic nitrogens is 3. The van der Waals surface area contributed by atoms with E-state index in [1.54, 1.807) is 0 Å². The summed E-state index contributed by atoms with van der Waals surface area (Å²) >= 11 is 0. The normalized spacial score (nSPS) is 19.7. The second-order valence-electron chi connectivity index (χ2n) is 12.0. The Labute approximate surface area is 236 Å². The molecule has 0 N–H and O–H groups in total. The summed E-state index contributed by atoms with van der Waals surface area (Å²) in [6.07, 6.45) is 4.87. The topological polar surface area (TPSA) is 69.0 Å². The van der Waals surface area contributed by atoms with Crippen molar-refractivity contribution in [1.82, 2.24) is 14.6 Å². The van der Waals surface area contributed by atoms with Gasteiger partial charge >= 0.3 is 5.97 Å². The van der Waals surface area contributed by atoms with Crippen molar-refractivity contribution >= 4 is 17.4 Å². The maximum atomic E-state index is 13.3. The van der Waals surface area contributed by atoms with E-state index in [2.05, 4.69) is 53.4 Å². The molecule has 7 nitrogen and oxygen atoms in total. The SMILES string of the molecule is COC(=O)[C@@H](OC(C)(C)C)c1c(C)nc2cc(-c3cccc(-c4ccccc4)c3)nn2c1N1C2CCCC1CC2. The molecule has 0 saturated carbocycles. The number of hydrogen-bond donors (Lipinski definition) is 0. The fourth-order valence-electron chi connectivity index (χ4n) is 6.45. The number of rotatable bonds is 6. The predicted molar refractivity (Wildman–Crippen MR) is 157 cm³/mol. The van der Waals surface area contributed by atoms with E-state index in [4.69, 9.17) is 19.6 Å². The lowest BCUT2D eigenvalue weighted by molar-refractivity contribution is -0.164. The van der Waals surface area contributed by atoms with Crippen molar-refractivity contribution < 1.29 is 14.3 Å². The number of esters is 1. The van der Waals surface area contributed by atoms with Crippen LogP contribution in [-0.4, -0.2) is 45.4 Å². The van der Waals surface area contributed by atoms with Crippen molar-refractivity contribution in [2.45, 2.75) is 83.6 Å². The first-order valence-electron chi connectivity index (χ1n) is 14.3. The minimum Gasteiger partial charge on any atom is -0.467 e. The Morgan fingerprint density at radius 3 is 2.27 bits per heavy atom. The van der Waals surface area contributed by atoms with Crippen LogP contribution in [0.15, 0.2) is 60.7 Å². The van der Waals surface area contributed by atoms with Crippen LogP contribution in [0.5, 0.6) is 0 Å². The van der Waals surface area contributed by atoms with Crippen molar-refractivity contribution in [2.75, 3.05) is 12.0 Å². The summed E-state index contributed by atoms with van der Waals surface area (Å²) in [5.74, 6) is 0.493. The molecule has 2 aliphatic rings. The highest BCUT2D eigenvalue weighted by atomic mass is 16.6. The maximum Gasteiger partial charge on any atom is 0.339 e. The van der Waals surface area contributed by atoms with Crippen molar-refractivity contribution in [3.05, 3.63) is 71.9 Å². The van der Waals surface area contributed by atoms with Gasteiger partial charge in [0.25, 0.3) is 0 Å². The molecule has 0 radical (unpaired) electrons. The van der Waals surface area contributed by atoms with Gasteiger partial charge in [-0.3, -0.25) is 0 Å². The van der Waals surface area contributed by atoms with Gasteiger partial charge in [0, 0.05) is 29.4 Å². The second-order valence-corrected chi connectivity index (χ2v) is 12.0. The highest BCUT2D eigenvalue weighted by molar-refractivity contribution is 5.81. The lowest BCUT2D eigenvalue weighted by Crippen LogP contribution is -2.42. The summed E-state index contributed by atoms with van der Waals surface area (Å²) in [4.78, 5) is 20.8. The average Bonchev–Trinajstić information content (AvgIpc) is 3.47. The Kier molecular flexibility index (Phi) is 6.87. The average molecular weight is 539 g/mol. The summed E-state index contributed by atoms with van der Waals surface area (Å²) in [7, 11) is 1.42. The number of nitrogens with zero attached hydrogens (tertiary/aromatic N) is 4. The van der Waals surface area contributed by atoms with Crippen LogP contribution in [0.1, 0.15) is 70.2 Å². The quantitative estimate of drug-likeness (QED) is 0.248. The van der Waals surface area contributed by atoms with Gasteiger partial charge in [-0.15, -0.1) is 0 Å². The van der Waals surface area contributed by atoms with Crippen molar-refractivity contribution in [3.63, 3.8) is 0 Å². The Bertz CT molecular complexity index is 1520. The summed E-state index contributed by atoms with van der Waals surface area (Å²) in [5, 5.41) is 5.16. The van der Waals surface area contributed by atoms with E-state index >= 15 is 0 Å². The number of benzene rings is 2. The van der Waals surface area contributed by atoms with Crippen molar-refractivity contribution in [1.29, 1.82) is 0 Å². The van der Waals surface area contributed by atoms with Gasteiger partial charge in [0.05, 0.1) is 24.0 Å². The largest absolute Gasteiger partial charge is 0.467 e. The molecule has 3 atom stereocenters. The molecule has 2 aliphatic heterocycles. The number of methoxy groups -OCH3 is 1. The third-order valence-corrected chi connectivity index (χ3v) is 8.16. The molecular formula is C33H38N4O3. The molecule has 4 heterocycles. The van der Waals surface area contributed by atoms with E-state index in [0.717, 1.165) is 70.8 Å². The van der Waals surface area contributed by atoms with Crippen LogP contribution in [-0.2, 0) is 14.3 Å². The van der Waals surface area contributed by atoms with Crippen LogP contribution in [0.3, 0.4) is 0 Å². The summed E-state index contributed by atoms with van der Waals surface area (Å²) in [6.45, 7) is 7.84. The van der Waals surface area contributed by atoms with E-state index in [1.807, 2.05) is 44.3 Å². The third-order valence-electron chi connectivity index (χ3n) is 8.16. The summed E-state index contributed by atoms with van der Waals surface area (Å²) in [5.41, 5.74) is 5.88. The number of aryl methyl sites for hydroxylation is 1. The van der Waals surface area contributed by atoms with Gasteiger partial charge in [0.1, 0.15) is 5.82 Å². The van der Waals surface area contributed by atoms with Crippen molar-refractivity contribution in [2.24, 2.45) is 0 Å². The minimum absolute atomic E-state index is 0.407. The van der Waals surface area contributed by atoms with Crippen LogP contribution >= 0.6 is 0 Å². The summed E-state index contributed by atoms with van der Waals surface area (Å²) < 4.78 is 13.6. The molecule has 2 unspecified atom stereocenters. The molecule has 2 saturated heterocycles.